The second-order valence-electron chi connectivity index (χ2n) is 3.27. The third-order valence-electron chi connectivity index (χ3n) is 2.06. The predicted octanol–water partition coefficient (Wildman–Crippen LogP) is 1.44. The average molecular weight is 205 g/mol. The first-order valence-corrected chi connectivity index (χ1v) is 5.07. The van der Waals surface area contributed by atoms with Crippen LogP contribution in [0.2, 0.25) is 0 Å². The lowest BCUT2D eigenvalue weighted by molar-refractivity contribution is -0.107. The summed E-state index contributed by atoms with van der Waals surface area (Å²) in [4.78, 5) is 21.6. The molecule has 1 rings (SSSR count). The molecule has 0 aliphatic carbocycles. The summed E-state index contributed by atoms with van der Waals surface area (Å²) in [7, 11) is 0. The van der Waals surface area contributed by atoms with E-state index < -0.39 is 0 Å². The number of unbranched alkanes of at least 4 members (excludes halogenated alkanes) is 1. The van der Waals surface area contributed by atoms with Crippen molar-refractivity contribution in [2.45, 2.75) is 12.8 Å². The number of carbonyl (C=O) groups excluding carboxylic acids is 2. The highest BCUT2D eigenvalue weighted by atomic mass is 16.1. The molecule has 0 saturated heterocycles. The minimum atomic E-state index is 0.0849. The van der Waals surface area contributed by atoms with Gasteiger partial charge in [0.05, 0.1) is 6.54 Å². The van der Waals surface area contributed by atoms with Gasteiger partial charge in [0.1, 0.15) is 6.29 Å². The molecule has 0 spiro atoms. The quantitative estimate of drug-likeness (QED) is 0.416. The highest BCUT2D eigenvalue weighted by Gasteiger charge is 2.02. The maximum atomic E-state index is 11.5. The fraction of sp³-hybridized carbons (Fsp3) is 0.333. The van der Waals surface area contributed by atoms with Crippen molar-refractivity contribution in [1.82, 2.24) is 5.32 Å². The maximum Gasteiger partial charge on any atom is 0.176 e. The number of ketones is 1. The molecule has 3 nitrogen and oxygen atoms in total. The van der Waals surface area contributed by atoms with Crippen LogP contribution in [0.25, 0.3) is 0 Å². The molecule has 0 atom stereocenters. The number of nitrogens with one attached hydrogen (secondary N) is 1. The van der Waals surface area contributed by atoms with Crippen molar-refractivity contribution in [2.24, 2.45) is 0 Å². The van der Waals surface area contributed by atoms with Gasteiger partial charge in [-0.2, -0.15) is 0 Å². The molecule has 0 saturated carbocycles. The summed E-state index contributed by atoms with van der Waals surface area (Å²) in [5.74, 6) is 0.0849. The summed E-state index contributed by atoms with van der Waals surface area (Å²) in [6.07, 6.45) is 2.22. The lowest BCUT2D eigenvalue weighted by atomic mass is 10.1. The molecule has 80 valence electrons. The summed E-state index contributed by atoms with van der Waals surface area (Å²) in [6, 6.07) is 9.18. The zero-order valence-corrected chi connectivity index (χ0v) is 8.61. The normalized spacial score (nSPS) is 9.87. The molecule has 0 fully saturated rings. The van der Waals surface area contributed by atoms with Crippen LogP contribution in [0.15, 0.2) is 30.3 Å². The third kappa shape index (κ3) is 4.51. The minimum Gasteiger partial charge on any atom is -0.310 e. The molecule has 3 heteroatoms. The molecule has 0 aromatic heterocycles. The summed E-state index contributed by atoms with van der Waals surface area (Å²) in [5.41, 5.74) is 0.723. The first kappa shape index (κ1) is 11.6. The van der Waals surface area contributed by atoms with Gasteiger partial charge in [0.2, 0.25) is 0 Å². The van der Waals surface area contributed by atoms with Crippen LogP contribution < -0.4 is 5.32 Å². The second kappa shape index (κ2) is 6.90. The zero-order chi connectivity index (χ0) is 10.9. The Kier molecular flexibility index (Phi) is 5.33. The zero-order valence-electron chi connectivity index (χ0n) is 8.61. The number of carbonyl (C=O) groups is 2. The average Bonchev–Trinajstić information content (AvgIpc) is 2.30. The molecule has 0 heterocycles. The van der Waals surface area contributed by atoms with E-state index in [1.54, 1.807) is 12.1 Å². The molecular weight excluding hydrogens is 190 g/mol. The molecule has 1 aromatic rings. The van der Waals surface area contributed by atoms with E-state index in [4.69, 9.17) is 0 Å². The molecule has 0 unspecified atom stereocenters. The maximum absolute atomic E-state index is 11.5. The van der Waals surface area contributed by atoms with Crippen molar-refractivity contribution in [3.05, 3.63) is 35.9 Å². The number of benzene rings is 1. The molecule has 0 aliphatic rings. The summed E-state index contributed by atoms with van der Waals surface area (Å²) in [6.45, 7) is 1.04. The number of rotatable bonds is 7. The number of hydrogen-bond acceptors (Lipinski definition) is 3. The number of hydrogen-bond donors (Lipinski definition) is 1. The summed E-state index contributed by atoms with van der Waals surface area (Å²) < 4.78 is 0. The van der Waals surface area contributed by atoms with Crippen LogP contribution in [0.3, 0.4) is 0 Å². The van der Waals surface area contributed by atoms with Crippen LogP contribution in [0.1, 0.15) is 23.2 Å². The highest BCUT2D eigenvalue weighted by Crippen LogP contribution is 1.98. The van der Waals surface area contributed by atoms with Crippen LogP contribution in [0.4, 0.5) is 0 Å². The van der Waals surface area contributed by atoms with Gasteiger partial charge >= 0.3 is 0 Å². The van der Waals surface area contributed by atoms with Crippen molar-refractivity contribution in [3.8, 4) is 0 Å². The van der Waals surface area contributed by atoms with E-state index in [2.05, 4.69) is 5.32 Å². The van der Waals surface area contributed by atoms with E-state index in [0.717, 1.165) is 18.3 Å². The topological polar surface area (TPSA) is 46.2 Å². The lowest BCUT2D eigenvalue weighted by Crippen LogP contribution is -2.24. The first-order chi connectivity index (χ1) is 7.34. The van der Waals surface area contributed by atoms with Crippen LogP contribution in [0.5, 0.6) is 0 Å². The van der Waals surface area contributed by atoms with Gasteiger partial charge in [-0.1, -0.05) is 30.3 Å². The smallest absolute Gasteiger partial charge is 0.176 e. The van der Waals surface area contributed by atoms with Crippen LogP contribution in [0, 0.1) is 0 Å². The van der Waals surface area contributed by atoms with E-state index in [1.165, 1.54) is 0 Å². The predicted molar refractivity (Wildman–Crippen MR) is 58.9 cm³/mol. The summed E-state index contributed by atoms with van der Waals surface area (Å²) >= 11 is 0. The Morgan fingerprint density at radius 3 is 2.67 bits per heavy atom. The van der Waals surface area contributed by atoms with E-state index in [9.17, 15) is 9.59 Å². The van der Waals surface area contributed by atoms with Crippen LogP contribution >= 0.6 is 0 Å². The van der Waals surface area contributed by atoms with Gasteiger partial charge < -0.3 is 10.1 Å². The van der Waals surface area contributed by atoms with Crippen molar-refractivity contribution in [1.29, 1.82) is 0 Å². The monoisotopic (exact) mass is 205 g/mol. The van der Waals surface area contributed by atoms with Crippen molar-refractivity contribution >= 4 is 12.1 Å². The molecular formula is C12H15NO2. The Labute approximate surface area is 89.5 Å². The van der Waals surface area contributed by atoms with Gasteiger partial charge in [0, 0.05) is 12.0 Å². The van der Waals surface area contributed by atoms with E-state index in [0.29, 0.717) is 19.5 Å². The lowest BCUT2D eigenvalue weighted by Gasteiger charge is -2.02. The molecule has 0 aliphatic heterocycles. The second-order valence-corrected chi connectivity index (χ2v) is 3.27. The SMILES string of the molecule is O=CCCCNCC(=O)c1ccccc1. The van der Waals surface area contributed by atoms with Gasteiger partial charge in [0.15, 0.2) is 5.78 Å². The Balaban J connectivity index is 2.22. The molecule has 15 heavy (non-hydrogen) atoms. The van der Waals surface area contributed by atoms with Gasteiger partial charge in [-0.05, 0) is 13.0 Å². The molecule has 0 radical (unpaired) electrons. The van der Waals surface area contributed by atoms with Crippen molar-refractivity contribution < 1.29 is 9.59 Å². The third-order valence-corrected chi connectivity index (χ3v) is 2.06. The fourth-order valence-electron chi connectivity index (χ4n) is 1.24. The Hall–Kier alpha value is -1.48. The molecule has 0 bridgehead atoms. The van der Waals surface area contributed by atoms with Gasteiger partial charge in [0.25, 0.3) is 0 Å². The number of aldehydes is 1. The Morgan fingerprint density at radius 1 is 1.27 bits per heavy atom. The standard InChI is InChI=1S/C12H15NO2/c14-9-5-4-8-13-10-12(15)11-6-2-1-3-7-11/h1-3,6-7,9,13H,4-5,8,10H2. The van der Waals surface area contributed by atoms with Gasteiger partial charge in [-0.15, -0.1) is 0 Å². The van der Waals surface area contributed by atoms with Gasteiger partial charge in [-0.25, -0.2) is 0 Å². The van der Waals surface area contributed by atoms with Crippen LogP contribution in [-0.2, 0) is 4.79 Å². The van der Waals surface area contributed by atoms with E-state index in [-0.39, 0.29) is 5.78 Å². The first-order valence-electron chi connectivity index (χ1n) is 5.07. The Morgan fingerprint density at radius 2 is 2.00 bits per heavy atom. The van der Waals surface area contributed by atoms with Gasteiger partial charge in [-0.3, -0.25) is 4.79 Å². The van der Waals surface area contributed by atoms with E-state index in [1.807, 2.05) is 18.2 Å². The van der Waals surface area contributed by atoms with E-state index >= 15 is 0 Å². The minimum absolute atomic E-state index is 0.0849. The molecule has 1 aromatic carbocycles. The largest absolute Gasteiger partial charge is 0.310 e. The summed E-state index contributed by atoms with van der Waals surface area (Å²) in [5, 5.41) is 3.01. The number of Topliss-reactive ketones (excluding diaryl/α,β-unsaturated/α-hetero) is 1. The Bertz CT molecular complexity index is 309. The fourth-order valence-corrected chi connectivity index (χ4v) is 1.24. The molecule has 0 amide bonds. The van der Waals surface area contributed by atoms with Crippen molar-refractivity contribution in [2.75, 3.05) is 13.1 Å². The molecule has 1 N–H and O–H groups in total. The van der Waals surface area contributed by atoms with Crippen molar-refractivity contribution in [3.63, 3.8) is 0 Å². The van der Waals surface area contributed by atoms with Crippen LogP contribution in [-0.4, -0.2) is 25.2 Å². The highest BCUT2D eigenvalue weighted by molar-refractivity contribution is 5.97.